The Bertz CT molecular complexity index is 573. The molecule has 0 aliphatic heterocycles. The lowest BCUT2D eigenvalue weighted by molar-refractivity contribution is -0.150. The number of benzene rings is 1. The van der Waals surface area contributed by atoms with Gasteiger partial charge in [-0.05, 0) is 24.8 Å². The summed E-state index contributed by atoms with van der Waals surface area (Å²) in [6, 6.07) is 8.59. The van der Waals surface area contributed by atoms with Crippen LogP contribution in [0.2, 0.25) is 0 Å². The molecule has 0 aliphatic rings. The molecular formula is C19H27NO6. The van der Waals surface area contributed by atoms with Crippen LogP contribution in [-0.2, 0) is 30.4 Å². The predicted octanol–water partition coefficient (Wildman–Crippen LogP) is 2.82. The Kier molecular flexibility index (Phi) is 9.82. The van der Waals surface area contributed by atoms with E-state index in [1.54, 1.807) is 20.8 Å². The van der Waals surface area contributed by atoms with Crippen LogP contribution in [0.1, 0.15) is 39.2 Å². The summed E-state index contributed by atoms with van der Waals surface area (Å²) in [6.45, 7) is 5.78. The highest BCUT2D eigenvalue weighted by molar-refractivity contribution is 5.81. The first-order valence-electron chi connectivity index (χ1n) is 8.73. The largest absolute Gasteiger partial charge is 0.464 e. The Morgan fingerprint density at radius 1 is 1.04 bits per heavy atom. The Labute approximate surface area is 154 Å². The number of rotatable bonds is 10. The van der Waals surface area contributed by atoms with Gasteiger partial charge >= 0.3 is 18.0 Å². The molecule has 144 valence electrons. The van der Waals surface area contributed by atoms with E-state index < -0.39 is 18.1 Å². The van der Waals surface area contributed by atoms with Crippen molar-refractivity contribution >= 4 is 18.0 Å². The standard InChI is InChI=1S/C19H27NO6/c1-4-24-19(23)20-17(14(2)3)18(22)25-12-8-11-16(21)26-13-15-9-6-5-7-10-15/h5-7,9-10,14,17H,4,8,11-13H2,1-3H3,(H,20,23). The average Bonchev–Trinajstić information content (AvgIpc) is 2.62. The molecule has 1 N–H and O–H groups in total. The maximum absolute atomic E-state index is 12.1. The van der Waals surface area contributed by atoms with E-state index in [-0.39, 0.29) is 38.1 Å². The molecule has 1 atom stereocenters. The molecule has 1 rings (SSSR count). The van der Waals surface area contributed by atoms with Crippen molar-refractivity contribution in [2.24, 2.45) is 5.92 Å². The molecule has 0 saturated heterocycles. The lowest BCUT2D eigenvalue weighted by Gasteiger charge is -2.20. The fourth-order valence-corrected chi connectivity index (χ4v) is 2.09. The summed E-state index contributed by atoms with van der Waals surface area (Å²) in [5, 5.41) is 2.48. The van der Waals surface area contributed by atoms with Crippen molar-refractivity contribution in [3.63, 3.8) is 0 Å². The molecule has 0 saturated carbocycles. The zero-order valence-electron chi connectivity index (χ0n) is 15.5. The molecule has 0 fully saturated rings. The van der Waals surface area contributed by atoms with Gasteiger partial charge in [0.05, 0.1) is 13.2 Å². The number of alkyl carbamates (subject to hydrolysis) is 1. The van der Waals surface area contributed by atoms with Crippen LogP contribution in [0.25, 0.3) is 0 Å². The van der Waals surface area contributed by atoms with E-state index in [0.717, 1.165) is 5.56 Å². The fraction of sp³-hybridized carbons (Fsp3) is 0.526. The van der Waals surface area contributed by atoms with Crippen molar-refractivity contribution in [3.05, 3.63) is 35.9 Å². The molecule has 0 spiro atoms. The predicted molar refractivity (Wildman–Crippen MR) is 95.2 cm³/mol. The van der Waals surface area contributed by atoms with Crippen molar-refractivity contribution in [3.8, 4) is 0 Å². The Morgan fingerprint density at radius 2 is 1.73 bits per heavy atom. The molecule has 26 heavy (non-hydrogen) atoms. The smallest absolute Gasteiger partial charge is 0.407 e. The van der Waals surface area contributed by atoms with Crippen LogP contribution in [0.5, 0.6) is 0 Å². The van der Waals surface area contributed by atoms with Gasteiger partial charge in [0.1, 0.15) is 12.6 Å². The zero-order valence-corrected chi connectivity index (χ0v) is 15.5. The Balaban J connectivity index is 2.26. The third-order valence-electron chi connectivity index (χ3n) is 3.48. The van der Waals surface area contributed by atoms with E-state index in [4.69, 9.17) is 14.2 Å². The summed E-state index contributed by atoms with van der Waals surface area (Å²) in [4.78, 5) is 35.2. The van der Waals surface area contributed by atoms with Gasteiger partial charge in [-0.1, -0.05) is 44.2 Å². The van der Waals surface area contributed by atoms with Crippen LogP contribution < -0.4 is 5.32 Å². The fourth-order valence-electron chi connectivity index (χ4n) is 2.09. The van der Waals surface area contributed by atoms with Crippen LogP contribution in [0.3, 0.4) is 0 Å². The van der Waals surface area contributed by atoms with Gasteiger partial charge in [0.2, 0.25) is 0 Å². The molecular weight excluding hydrogens is 338 g/mol. The third kappa shape index (κ3) is 8.50. The third-order valence-corrected chi connectivity index (χ3v) is 3.48. The molecule has 7 heteroatoms. The second-order valence-electron chi connectivity index (χ2n) is 6.00. The van der Waals surface area contributed by atoms with Crippen LogP contribution in [0.4, 0.5) is 4.79 Å². The van der Waals surface area contributed by atoms with Gasteiger partial charge in [0.25, 0.3) is 0 Å². The first-order chi connectivity index (χ1) is 12.4. The summed E-state index contributed by atoms with van der Waals surface area (Å²) in [7, 11) is 0. The second kappa shape index (κ2) is 11.9. The van der Waals surface area contributed by atoms with Crippen molar-refractivity contribution in [1.29, 1.82) is 0 Å². The van der Waals surface area contributed by atoms with Crippen LogP contribution in [-0.4, -0.2) is 37.3 Å². The van der Waals surface area contributed by atoms with E-state index >= 15 is 0 Å². The lowest BCUT2D eigenvalue weighted by Crippen LogP contribution is -2.45. The molecule has 0 radical (unpaired) electrons. The number of nitrogens with one attached hydrogen (secondary N) is 1. The molecule has 1 aromatic rings. The number of amides is 1. The van der Waals surface area contributed by atoms with E-state index in [1.165, 1.54) is 0 Å². The topological polar surface area (TPSA) is 90.9 Å². The Morgan fingerprint density at radius 3 is 2.35 bits per heavy atom. The highest BCUT2D eigenvalue weighted by atomic mass is 16.6. The van der Waals surface area contributed by atoms with Gasteiger partial charge in [-0.2, -0.15) is 0 Å². The highest BCUT2D eigenvalue weighted by Crippen LogP contribution is 2.06. The number of ether oxygens (including phenoxy) is 3. The first kappa shape index (κ1) is 21.5. The average molecular weight is 365 g/mol. The quantitative estimate of drug-likeness (QED) is 0.389. The van der Waals surface area contributed by atoms with Crippen molar-refractivity contribution in [1.82, 2.24) is 5.32 Å². The number of carbonyl (C=O) groups excluding carboxylic acids is 3. The molecule has 7 nitrogen and oxygen atoms in total. The van der Waals surface area contributed by atoms with Gasteiger partial charge < -0.3 is 19.5 Å². The van der Waals surface area contributed by atoms with E-state index in [9.17, 15) is 14.4 Å². The van der Waals surface area contributed by atoms with Crippen molar-refractivity contribution in [2.45, 2.75) is 46.3 Å². The van der Waals surface area contributed by atoms with E-state index in [2.05, 4.69) is 5.32 Å². The maximum Gasteiger partial charge on any atom is 0.407 e. The van der Waals surface area contributed by atoms with Gasteiger partial charge in [0, 0.05) is 6.42 Å². The first-order valence-corrected chi connectivity index (χ1v) is 8.73. The second-order valence-corrected chi connectivity index (χ2v) is 6.00. The van der Waals surface area contributed by atoms with E-state index in [1.807, 2.05) is 30.3 Å². The van der Waals surface area contributed by atoms with Crippen LogP contribution in [0.15, 0.2) is 30.3 Å². The minimum Gasteiger partial charge on any atom is -0.464 e. The van der Waals surface area contributed by atoms with Gasteiger partial charge in [-0.25, -0.2) is 9.59 Å². The van der Waals surface area contributed by atoms with Crippen molar-refractivity contribution in [2.75, 3.05) is 13.2 Å². The van der Waals surface area contributed by atoms with Gasteiger partial charge in [0.15, 0.2) is 0 Å². The molecule has 0 bridgehead atoms. The summed E-state index contributed by atoms with van der Waals surface area (Å²) >= 11 is 0. The molecule has 1 amide bonds. The Hall–Kier alpha value is -2.57. The molecule has 0 aromatic heterocycles. The van der Waals surface area contributed by atoms with Gasteiger partial charge in [-0.3, -0.25) is 4.79 Å². The number of carbonyl (C=O) groups is 3. The highest BCUT2D eigenvalue weighted by Gasteiger charge is 2.26. The minimum absolute atomic E-state index is 0.0764. The molecule has 0 aliphatic carbocycles. The SMILES string of the molecule is CCOC(=O)NC(C(=O)OCCCC(=O)OCc1ccccc1)C(C)C. The molecule has 1 aromatic carbocycles. The van der Waals surface area contributed by atoms with Gasteiger partial charge in [-0.15, -0.1) is 0 Å². The van der Waals surface area contributed by atoms with Crippen molar-refractivity contribution < 1.29 is 28.6 Å². The normalized spacial score (nSPS) is 11.5. The monoisotopic (exact) mass is 365 g/mol. The van der Waals surface area contributed by atoms with Crippen LogP contribution >= 0.6 is 0 Å². The van der Waals surface area contributed by atoms with E-state index in [0.29, 0.717) is 6.42 Å². The number of hydrogen-bond donors (Lipinski definition) is 1. The maximum atomic E-state index is 12.1. The summed E-state index contributed by atoms with van der Waals surface area (Å²) in [5.74, 6) is -1.05. The zero-order chi connectivity index (χ0) is 19.4. The summed E-state index contributed by atoms with van der Waals surface area (Å²) < 4.78 is 15.1. The summed E-state index contributed by atoms with van der Waals surface area (Å²) in [6.07, 6.45) is -0.158. The number of hydrogen-bond acceptors (Lipinski definition) is 6. The molecule has 0 heterocycles. The minimum atomic E-state index is -0.793. The number of esters is 2. The molecule has 1 unspecified atom stereocenters. The lowest BCUT2D eigenvalue weighted by atomic mass is 10.1. The summed E-state index contributed by atoms with van der Waals surface area (Å²) in [5.41, 5.74) is 0.914. The van der Waals surface area contributed by atoms with Crippen LogP contribution in [0, 0.1) is 5.92 Å².